The molecule has 56 heavy (non-hydrogen) atoms. The monoisotopic (exact) mass is 795 g/mol. The number of hydrogen-bond donors (Lipinski definition) is 10. The molecule has 0 aliphatic carbocycles. The van der Waals surface area contributed by atoms with Crippen LogP contribution in [0.2, 0.25) is 0 Å². The van der Waals surface area contributed by atoms with Gasteiger partial charge in [-0.2, -0.15) is 0 Å². The lowest BCUT2D eigenvalue weighted by atomic mass is 9.96. The lowest BCUT2D eigenvalue weighted by molar-refractivity contribution is -0.142. The van der Waals surface area contributed by atoms with Crippen molar-refractivity contribution in [1.82, 2.24) is 36.8 Å². The topological polar surface area (TPSA) is 323 Å². The van der Waals surface area contributed by atoms with Gasteiger partial charge >= 0.3 is 0 Å². The molecular formula is C36H65N11O9. The molecule has 0 aromatic carbocycles. The molecule has 20 heteroatoms. The van der Waals surface area contributed by atoms with Crippen molar-refractivity contribution in [2.24, 2.45) is 34.0 Å². The van der Waals surface area contributed by atoms with E-state index in [1.165, 1.54) is 18.7 Å². The van der Waals surface area contributed by atoms with Crippen LogP contribution in [0.4, 0.5) is 0 Å². The Bertz CT molecular complexity index is 1410. The lowest BCUT2D eigenvalue weighted by Gasteiger charge is -2.31. The number of carbonyl (C=O) groups is 8. The van der Waals surface area contributed by atoms with Gasteiger partial charge in [-0.15, -0.1) is 0 Å². The molecule has 1 aliphatic heterocycles. The van der Waals surface area contributed by atoms with Crippen molar-refractivity contribution in [3.63, 3.8) is 0 Å². The van der Waals surface area contributed by atoms with Gasteiger partial charge in [-0.3, -0.25) is 43.3 Å². The first kappa shape index (κ1) is 49.0. The smallest absolute Gasteiger partial charge is 0.245 e. The van der Waals surface area contributed by atoms with Crippen LogP contribution in [0.3, 0.4) is 0 Å². The summed E-state index contributed by atoms with van der Waals surface area (Å²) in [6, 6.07) is -7.16. The number of likely N-dealkylation sites (tertiary alicyclic amines) is 1. The quantitative estimate of drug-likeness (QED) is 0.0273. The van der Waals surface area contributed by atoms with E-state index in [1.54, 1.807) is 27.7 Å². The summed E-state index contributed by atoms with van der Waals surface area (Å²) >= 11 is 0. The number of aliphatic hydroxyl groups excluding tert-OH is 1. The minimum Gasteiger partial charge on any atom is -0.391 e. The van der Waals surface area contributed by atoms with Crippen molar-refractivity contribution in [3.05, 3.63) is 0 Å². The zero-order valence-corrected chi connectivity index (χ0v) is 33.8. The predicted molar refractivity (Wildman–Crippen MR) is 208 cm³/mol. The summed E-state index contributed by atoms with van der Waals surface area (Å²) in [5.41, 5.74) is 16.3. The molecular weight excluding hydrogens is 730 g/mol. The van der Waals surface area contributed by atoms with Gasteiger partial charge in [0.2, 0.25) is 47.3 Å². The summed E-state index contributed by atoms with van der Waals surface area (Å²) in [5, 5.41) is 26.1. The highest BCUT2D eigenvalue weighted by Crippen LogP contribution is 2.20. The molecule has 8 amide bonds. The highest BCUT2D eigenvalue weighted by atomic mass is 16.3. The van der Waals surface area contributed by atoms with E-state index in [0.29, 0.717) is 45.2 Å². The molecule has 0 aromatic heterocycles. The molecule has 1 fully saturated rings. The van der Waals surface area contributed by atoms with Gasteiger partial charge in [0.1, 0.15) is 36.3 Å². The van der Waals surface area contributed by atoms with Gasteiger partial charge in [0, 0.05) is 33.0 Å². The van der Waals surface area contributed by atoms with E-state index in [2.05, 4.69) is 36.9 Å². The number of aliphatic imine (C=N–C) groups is 1. The normalized spacial score (nSPS) is 18.0. The number of nitrogens with zero attached hydrogens (tertiary/aromatic N) is 2. The Hall–Kier alpha value is -5.01. The summed E-state index contributed by atoms with van der Waals surface area (Å²) in [6.07, 6.45) is 0.216. The van der Waals surface area contributed by atoms with Crippen molar-refractivity contribution < 1.29 is 43.5 Å². The number of nitrogens with one attached hydrogen (secondary N) is 6. The molecule has 9 atom stereocenters. The van der Waals surface area contributed by atoms with Crippen LogP contribution < -0.4 is 49.1 Å². The molecule has 0 bridgehead atoms. The summed E-state index contributed by atoms with van der Waals surface area (Å²) in [6.45, 7) is 12.1. The molecule has 1 saturated heterocycles. The second-order valence-corrected chi connectivity index (χ2v) is 14.3. The molecule has 1 rings (SSSR count). The number of likely N-dealkylation sites (N-methyl/N-ethyl adjacent to an activating group) is 1. The Morgan fingerprint density at radius 2 is 1.29 bits per heavy atom. The number of nitrogens with two attached hydrogens (primary N) is 3. The fourth-order valence-corrected chi connectivity index (χ4v) is 6.16. The highest BCUT2D eigenvalue weighted by molar-refractivity contribution is 5.97. The second-order valence-electron chi connectivity index (χ2n) is 14.3. The first-order valence-corrected chi connectivity index (χ1v) is 19.4. The van der Waals surface area contributed by atoms with Crippen LogP contribution in [0.5, 0.6) is 0 Å². The number of guanidine groups is 1. The zero-order valence-electron chi connectivity index (χ0n) is 33.8. The van der Waals surface area contributed by atoms with Crippen molar-refractivity contribution in [2.45, 2.75) is 142 Å². The van der Waals surface area contributed by atoms with E-state index in [0.717, 1.165) is 0 Å². The standard InChI is InChI=1S/C36H65N11O9/c1-8-19(4)27(42-22(7)49)33(54)46-29(21(6)48)34(55)43-23(15-16-26(37)50)30(51)45-28(20(5)9-2)32(53)44-24(13-11-17-41-36(38)39)35(56)47-18-12-14-25(47)31(52)40-10-3/h19-21,23-25,27-29,48H,8-18H2,1-7H3,(H2,37,50)(H,40,52)(H,42,49)(H,43,55)(H,44,53)(H,45,51)(H,46,54)(H4,38,39,41)/t19-,20-,21+,23+,24-,25-,27+,28-,29-/m0/s1. The fourth-order valence-electron chi connectivity index (χ4n) is 6.16. The maximum Gasteiger partial charge on any atom is 0.245 e. The van der Waals surface area contributed by atoms with Gasteiger partial charge in [-0.1, -0.05) is 40.5 Å². The average Bonchev–Trinajstić information content (AvgIpc) is 3.63. The summed E-state index contributed by atoms with van der Waals surface area (Å²) < 4.78 is 0. The van der Waals surface area contributed by atoms with Crippen LogP contribution in [-0.2, 0) is 38.4 Å². The van der Waals surface area contributed by atoms with E-state index in [9.17, 15) is 43.5 Å². The highest BCUT2D eigenvalue weighted by Gasteiger charge is 2.39. The van der Waals surface area contributed by atoms with Gasteiger partial charge in [-0.25, -0.2) is 0 Å². The predicted octanol–water partition coefficient (Wildman–Crippen LogP) is -2.65. The third-order valence-electron chi connectivity index (χ3n) is 9.77. The van der Waals surface area contributed by atoms with E-state index < -0.39 is 89.6 Å². The van der Waals surface area contributed by atoms with E-state index in [1.807, 2.05) is 6.92 Å². The molecule has 0 radical (unpaired) electrons. The van der Waals surface area contributed by atoms with Crippen molar-refractivity contribution in [3.8, 4) is 0 Å². The Morgan fingerprint density at radius 3 is 1.80 bits per heavy atom. The number of rotatable bonds is 24. The molecule has 1 aliphatic rings. The number of primary amides is 1. The van der Waals surface area contributed by atoms with Crippen molar-refractivity contribution >= 4 is 53.2 Å². The molecule has 0 saturated carbocycles. The van der Waals surface area contributed by atoms with E-state index in [-0.39, 0.29) is 43.6 Å². The lowest BCUT2D eigenvalue weighted by Crippen LogP contribution is -2.62. The number of amides is 8. The Morgan fingerprint density at radius 1 is 0.750 bits per heavy atom. The summed E-state index contributed by atoms with van der Waals surface area (Å²) in [7, 11) is 0. The van der Waals surface area contributed by atoms with Gasteiger partial charge < -0.3 is 59.1 Å². The summed E-state index contributed by atoms with van der Waals surface area (Å²) in [4.78, 5) is 110. The second kappa shape index (κ2) is 24.5. The minimum absolute atomic E-state index is 0.102. The first-order chi connectivity index (χ1) is 26.3. The molecule has 13 N–H and O–H groups in total. The Labute approximate surface area is 329 Å². The van der Waals surface area contributed by atoms with Gasteiger partial charge in [0.25, 0.3) is 0 Å². The van der Waals surface area contributed by atoms with Gasteiger partial charge in [0.15, 0.2) is 5.96 Å². The minimum atomic E-state index is -1.58. The SMILES string of the molecule is CCNC(=O)[C@@H]1CCCN1C(=O)[C@H](CCCN=C(N)N)NC(=O)[C@@H](NC(=O)[C@@H](CCC(N)=O)NC(=O)[C@@H](NC(=O)[C@H](NC(C)=O)[C@@H](C)CC)[C@@H](C)O)[C@@H](C)CC. The molecule has 1 heterocycles. The number of aliphatic hydroxyl groups is 1. The van der Waals surface area contributed by atoms with Gasteiger partial charge in [-0.05, 0) is 57.8 Å². The molecule has 0 aromatic rings. The van der Waals surface area contributed by atoms with Crippen LogP contribution >= 0.6 is 0 Å². The number of carbonyl (C=O) groups excluding carboxylic acids is 8. The van der Waals surface area contributed by atoms with Crippen molar-refractivity contribution in [2.75, 3.05) is 19.6 Å². The average molecular weight is 796 g/mol. The van der Waals surface area contributed by atoms with E-state index in [4.69, 9.17) is 17.2 Å². The van der Waals surface area contributed by atoms with E-state index >= 15 is 0 Å². The largest absolute Gasteiger partial charge is 0.391 e. The molecule has 318 valence electrons. The first-order valence-electron chi connectivity index (χ1n) is 19.4. The zero-order chi connectivity index (χ0) is 42.7. The van der Waals surface area contributed by atoms with Crippen LogP contribution in [0, 0.1) is 11.8 Å². The molecule has 20 nitrogen and oxygen atoms in total. The van der Waals surface area contributed by atoms with Crippen molar-refractivity contribution in [1.29, 1.82) is 0 Å². The Kier molecular flexibility index (Phi) is 21.4. The van der Waals surface area contributed by atoms with Crippen LogP contribution in [0.1, 0.15) is 99.8 Å². The van der Waals surface area contributed by atoms with Crippen LogP contribution in [-0.4, -0.2) is 125 Å². The third kappa shape index (κ3) is 16.0. The Balaban J connectivity index is 3.39. The van der Waals surface area contributed by atoms with Gasteiger partial charge in [0.05, 0.1) is 6.10 Å². The van der Waals surface area contributed by atoms with Crippen LogP contribution in [0.25, 0.3) is 0 Å². The fraction of sp³-hybridized carbons (Fsp3) is 0.750. The maximum absolute atomic E-state index is 14.0. The third-order valence-corrected chi connectivity index (χ3v) is 9.77. The molecule has 0 unspecified atom stereocenters. The number of hydrogen-bond acceptors (Lipinski definition) is 10. The molecule has 0 spiro atoms. The summed E-state index contributed by atoms with van der Waals surface area (Å²) in [5.74, 6) is -6.35. The van der Waals surface area contributed by atoms with Crippen LogP contribution in [0.15, 0.2) is 4.99 Å². The maximum atomic E-state index is 14.0.